The van der Waals surface area contributed by atoms with Gasteiger partial charge in [-0.25, -0.2) is 0 Å². The Morgan fingerprint density at radius 2 is 1.88 bits per heavy atom. The predicted molar refractivity (Wildman–Crippen MR) is 125 cm³/mol. The second kappa shape index (κ2) is 12.9. The normalized spacial score (nSPS) is 17.5. The highest BCUT2D eigenvalue weighted by Gasteiger charge is 2.20. The lowest BCUT2D eigenvalue weighted by Crippen LogP contribution is -2.36. The first kappa shape index (κ1) is 23.8. The zero-order valence-corrected chi connectivity index (χ0v) is 18.6. The Labute approximate surface area is 190 Å². The molecule has 1 saturated heterocycles. The molecule has 0 amide bonds. The van der Waals surface area contributed by atoms with Crippen molar-refractivity contribution in [1.29, 1.82) is 0 Å². The summed E-state index contributed by atoms with van der Waals surface area (Å²) in [4.78, 5) is 15.0. The van der Waals surface area contributed by atoms with E-state index in [1.807, 2.05) is 30.3 Å². The number of rotatable bonds is 12. The van der Waals surface area contributed by atoms with E-state index in [-0.39, 0.29) is 23.7 Å². The van der Waals surface area contributed by atoms with E-state index in [0.29, 0.717) is 18.1 Å². The van der Waals surface area contributed by atoms with Crippen molar-refractivity contribution < 1.29 is 24.1 Å². The highest BCUT2D eigenvalue weighted by molar-refractivity contribution is 6.05. The van der Waals surface area contributed by atoms with Crippen molar-refractivity contribution in [1.82, 2.24) is 4.90 Å². The number of nitrogens with zero attached hydrogens (tertiary/aromatic N) is 1. The van der Waals surface area contributed by atoms with Gasteiger partial charge < -0.3 is 19.3 Å². The van der Waals surface area contributed by atoms with Crippen LogP contribution >= 0.6 is 0 Å². The molecule has 0 aromatic heterocycles. The molecule has 6 nitrogen and oxygen atoms in total. The molecule has 0 unspecified atom stereocenters. The van der Waals surface area contributed by atoms with Crippen LogP contribution in [-0.4, -0.2) is 61.9 Å². The van der Waals surface area contributed by atoms with E-state index in [1.165, 1.54) is 24.6 Å². The summed E-state index contributed by atoms with van der Waals surface area (Å²) in [5.41, 5.74) is 1.05. The minimum atomic E-state index is -0.341. The maximum Gasteiger partial charge on any atom is 0.192 e. The molecule has 0 radical (unpaired) electrons. The van der Waals surface area contributed by atoms with E-state index < -0.39 is 0 Å². The molecule has 0 spiro atoms. The van der Waals surface area contributed by atoms with Gasteiger partial charge >= 0.3 is 0 Å². The molecule has 3 rings (SSSR count). The Kier molecular flexibility index (Phi) is 9.60. The van der Waals surface area contributed by atoms with Gasteiger partial charge in [0, 0.05) is 30.8 Å². The summed E-state index contributed by atoms with van der Waals surface area (Å²) in [5, 5.41) is 10.3. The van der Waals surface area contributed by atoms with E-state index in [1.54, 1.807) is 0 Å². The Balaban J connectivity index is 1.41. The van der Waals surface area contributed by atoms with Gasteiger partial charge in [-0.1, -0.05) is 49.8 Å². The van der Waals surface area contributed by atoms with E-state index in [4.69, 9.17) is 14.2 Å². The number of aliphatic hydroxyl groups is 1. The number of benzene rings is 1. The quantitative estimate of drug-likeness (QED) is 0.225. The van der Waals surface area contributed by atoms with Crippen molar-refractivity contribution in [3.05, 3.63) is 77.8 Å². The molecule has 0 bridgehead atoms. The average Bonchev–Trinajstić information content (AvgIpc) is 2.83. The van der Waals surface area contributed by atoms with Gasteiger partial charge in [0.25, 0.3) is 0 Å². The first-order valence-corrected chi connectivity index (χ1v) is 11.3. The molecule has 0 aliphatic carbocycles. The monoisotopic (exact) mass is 439 g/mol. The van der Waals surface area contributed by atoms with E-state index >= 15 is 0 Å². The second-order valence-electron chi connectivity index (χ2n) is 7.86. The Morgan fingerprint density at radius 3 is 2.59 bits per heavy atom. The highest BCUT2D eigenvalue weighted by atomic mass is 16.5. The van der Waals surface area contributed by atoms with Gasteiger partial charge in [0.05, 0.1) is 25.4 Å². The van der Waals surface area contributed by atoms with Crippen molar-refractivity contribution in [2.45, 2.75) is 25.7 Å². The molecule has 0 saturated carbocycles. The average molecular weight is 440 g/mol. The smallest absolute Gasteiger partial charge is 0.192 e. The maximum absolute atomic E-state index is 12.6. The van der Waals surface area contributed by atoms with Crippen LogP contribution < -0.4 is 0 Å². The first-order valence-electron chi connectivity index (χ1n) is 11.3. The highest BCUT2D eigenvalue weighted by Crippen LogP contribution is 2.25. The minimum Gasteiger partial charge on any atom is -0.507 e. The molecule has 172 valence electrons. The number of unbranched alkanes of at least 4 members (excludes halogenated alkanes) is 3. The lowest BCUT2D eigenvalue weighted by molar-refractivity contribution is -0.112. The molecule has 2 aliphatic heterocycles. The van der Waals surface area contributed by atoms with Gasteiger partial charge in [0.15, 0.2) is 5.78 Å². The number of ketones is 1. The fourth-order valence-electron chi connectivity index (χ4n) is 3.62. The minimum absolute atomic E-state index is 0.00938. The molecule has 6 heteroatoms. The third-order valence-electron chi connectivity index (χ3n) is 5.52. The largest absolute Gasteiger partial charge is 0.507 e. The molecule has 1 N–H and O–H groups in total. The molecule has 1 fully saturated rings. The third-order valence-corrected chi connectivity index (χ3v) is 5.52. The Morgan fingerprint density at radius 1 is 1.12 bits per heavy atom. The lowest BCUT2D eigenvalue weighted by atomic mass is 10.1. The van der Waals surface area contributed by atoms with Gasteiger partial charge in [-0.15, -0.1) is 0 Å². The number of aliphatic hydroxyl groups excluding tert-OH is 1. The van der Waals surface area contributed by atoms with Crippen molar-refractivity contribution in [2.75, 3.05) is 46.1 Å². The number of morpholine rings is 1. The standard InChI is InChI=1S/C26H33NO5/c1-2-22(31-15-9-4-3-8-12-27-13-16-30-17-14-27)18-24(28)23-20-32-26(19-25(23)29)21-10-6-5-7-11-21/h2,5-7,10-11,18-19,29H,1,3-4,8-9,12-17,20H2/b22-18+. The Bertz CT molecular complexity index is 850. The van der Waals surface area contributed by atoms with Gasteiger partial charge in [-0.3, -0.25) is 9.69 Å². The molecule has 2 aliphatic rings. The molecule has 0 atom stereocenters. The van der Waals surface area contributed by atoms with Crippen LogP contribution in [0.5, 0.6) is 0 Å². The summed E-state index contributed by atoms with van der Waals surface area (Å²) >= 11 is 0. The summed E-state index contributed by atoms with van der Waals surface area (Å²) in [5.74, 6) is 0.519. The van der Waals surface area contributed by atoms with Gasteiger partial charge in [0.1, 0.15) is 23.9 Å². The van der Waals surface area contributed by atoms with Crippen LogP contribution in [0.2, 0.25) is 0 Å². The SMILES string of the molecule is C=C/C(=C\C(=O)C1=C(O)C=C(c2ccccc2)OC1)OCCCCCCN1CCOCC1. The number of carbonyl (C=O) groups excluding carboxylic acids is 1. The van der Waals surface area contributed by atoms with E-state index in [2.05, 4.69) is 11.5 Å². The molecule has 32 heavy (non-hydrogen) atoms. The van der Waals surface area contributed by atoms with Crippen LogP contribution in [0.15, 0.2) is 72.2 Å². The maximum atomic E-state index is 12.6. The topological polar surface area (TPSA) is 68.2 Å². The van der Waals surface area contributed by atoms with Crippen LogP contribution in [0.3, 0.4) is 0 Å². The van der Waals surface area contributed by atoms with Crippen LogP contribution in [0.4, 0.5) is 0 Å². The zero-order valence-electron chi connectivity index (χ0n) is 18.6. The second-order valence-corrected chi connectivity index (χ2v) is 7.86. The molecule has 1 aromatic rings. The fourth-order valence-corrected chi connectivity index (χ4v) is 3.62. The van der Waals surface area contributed by atoms with Crippen LogP contribution in [0.1, 0.15) is 31.2 Å². The number of ether oxygens (including phenoxy) is 3. The van der Waals surface area contributed by atoms with Crippen LogP contribution in [0.25, 0.3) is 5.76 Å². The van der Waals surface area contributed by atoms with E-state index in [9.17, 15) is 9.90 Å². The number of allylic oxidation sites excluding steroid dienone is 3. The third kappa shape index (κ3) is 7.39. The predicted octanol–water partition coefficient (Wildman–Crippen LogP) is 4.42. The lowest BCUT2D eigenvalue weighted by Gasteiger charge is -2.26. The van der Waals surface area contributed by atoms with Gasteiger partial charge in [-0.2, -0.15) is 0 Å². The van der Waals surface area contributed by atoms with Crippen molar-refractivity contribution in [3.8, 4) is 0 Å². The first-order chi connectivity index (χ1) is 15.7. The zero-order chi connectivity index (χ0) is 22.6. The summed E-state index contributed by atoms with van der Waals surface area (Å²) in [7, 11) is 0. The number of hydrogen-bond acceptors (Lipinski definition) is 6. The molecule has 2 heterocycles. The number of carbonyl (C=O) groups is 1. The fraction of sp³-hybridized carbons (Fsp3) is 0.423. The summed E-state index contributed by atoms with van der Waals surface area (Å²) in [6.45, 7) is 9.14. The Hall–Kier alpha value is -2.83. The van der Waals surface area contributed by atoms with Crippen molar-refractivity contribution in [2.24, 2.45) is 0 Å². The van der Waals surface area contributed by atoms with Crippen molar-refractivity contribution in [3.63, 3.8) is 0 Å². The summed E-state index contributed by atoms with van der Waals surface area (Å²) in [6.07, 6.45) is 8.68. The summed E-state index contributed by atoms with van der Waals surface area (Å²) < 4.78 is 16.8. The van der Waals surface area contributed by atoms with Gasteiger partial charge in [-0.05, 0) is 25.5 Å². The molecular formula is C26H33NO5. The molecule has 1 aromatic carbocycles. The van der Waals surface area contributed by atoms with Crippen LogP contribution in [-0.2, 0) is 19.0 Å². The van der Waals surface area contributed by atoms with Gasteiger partial charge in [0.2, 0.25) is 0 Å². The van der Waals surface area contributed by atoms with Crippen LogP contribution in [0, 0.1) is 0 Å². The number of hydrogen-bond donors (Lipinski definition) is 1. The van der Waals surface area contributed by atoms with E-state index in [0.717, 1.165) is 57.7 Å². The van der Waals surface area contributed by atoms with Crippen molar-refractivity contribution >= 4 is 11.5 Å². The molecular weight excluding hydrogens is 406 g/mol. The summed E-state index contributed by atoms with van der Waals surface area (Å²) in [6, 6.07) is 9.46.